The number of hydrogen-bond donors (Lipinski definition) is 1. The molecule has 0 aliphatic rings. The summed E-state index contributed by atoms with van der Waals surface area (Å²) in [5.41, 5.74) is 7.35. The van der Waals surface area contributed by atoms with Crippen molar-refractivity contribution in [1.29, 1.82) is 0 Å². The number of nitrogens with zero attached hydrogens (tertiary/aromatic N) is 2. The summed E-state index contributed by atoms with van der Waals surface area (Å²) in [5.74, 6) is 1.35. The van der Waals surface area contributed by atoms with Crippen molar-refractivity contribution in [2.75, 3.05) is 24.8 Å². The Bertz CT molecular complexity index is 560. The van der Waals surface area contributed by atoms with Crippen molar-refractivity contribution in [2.24, 2.45) is 0 Å². The number of halogens is 1. The number of para-hydroxylation sites is 2. The lowest BCUT2D eigenvalue weighted by atomic mass is 10.2. The zero-order valence-corrected chi connectivity index (χ0v) is 11.0. The molecule has 0 fully saturated rings. The summed E-state index contributed by atoms with van der Waals surface area (Å²) in [4.78, 5) is 6.08. The summed E-state index contributed by atoms with van der Waals surface area (Å²) >= 11 is 5.90. The Morgan fingerprint density at radius 3 is 2.67 bits per heavy atom. The smallest absolute Gasteiger partial charge is 0.157 e. The van der Waals surface area contributed by atoms with E-state index in [0.29, 0.717) is 16.7 Å². The molecule has 0 saturated carbocycles. The van der Waals surface area contributed by atoms with Gasteiger partial charge in [0.2, 0.25) is 0 Å². The summed E-state index contributed by atoms with van der Waals surface area (Å²) in [6.45, 7) is 0. The molecule has 5 heteroatoms. The van der Waals surface area contributed by atoms with Crippen molar-refractivity contribution in [3.63, 3.8) is 0 Å². The molecule has 0 saturated heterocycles. The van der Waals surface area contributed by atoms with Crippen LogP contribution >= 0.6 is 11.6 Å². The molecule has 0 aliphatic carbocycles. The van der Waals surface area contributed by atoms with Gasteiger partial charge in [-0.2, -0.15) is 0 Å². The number of methoxy groups -OCH3 is 1. The van der Waals surface area contributed by atoms with Crippen LogP contribution in [0.2, 0.25) is 5.15 Å². The molecule has 1 aromatic carbocycles. The highest BCUT2D eigenvalue weighted by Gasteiger charge is 2.13. The first-order valence-electron chi connectivity index (χ1n) is 5.42. The van der Waals surface area contributed by atoms with Gasteiger partial charge in [0.25, 0.3) is 0 Å². The van der Waals surface area contributed by atoms with Gasteiger partial charge in [-0.15, -0.1) is 0 Å². The second-order valence-electron chi connectivity index (χ2n) is 3.78. The maximum absolute atomic E-state index is 5.92. The van der Waals surface area contributed by atoms with Crippen LogP contribution in [0.5, 0.6) is 5.75 Å². The normalized spacial score (nSPS) is 10.2. The van der Waals surface area contributed by atoms with E-state index in [0.717, 1.165) is 11.4 Å². The minimum atomic E-state index is 0.404. The Morgan fingerprint density at radius 1 is 1.22 bits per heavy atom. The Morgan fingerprint density at radius 2 is 1.94 bits per heavy atom. The second kappa shape index (κ2) is 5.14. The average molecular weight is 264 g/mol. The topological polar surface area (TPSA) is 51.4 Å². The minimum Gasteiger partial charge on any atom is -0.495 e. The molecule has 1 heterocycles. The third-order valence-electron chi connectivity index (χ3n) is 2.64. The molecule has 0 amide bonds. The number of anilines is 3. The Balaban J connectivity index is 2.47. The van der Waals surface area contributed by atoms with Crippen molar-refractivity contribution in [1.82, 2.24) is 4.98 Å². The zero-order chi connectivity index (χ0) is 13.1. The molecule has 2 N–H and O–H groups in total. The SMILES string of the molecule is COc1ccccc1N(C)c1nc(Cl)ccc1N. The van der Waals surface area contributed by atoms with Gasteiger partial charge >= 0.3 is 0 Å². The number of pyridine rings is 1. The lowest BCUT2D eigenvalue weighted by Gasteiger charge is -2.22. The quantitative estimate of drug-likeness (QED) is 0.865. The molecule has 94 valence electrons. The van der Waals surface area contributed by atoms with Crippen molar-refractivity contribution in [3.05, 3.63) is 41.6 Å². The Hall–Kier alpha value is -1.94. The van der Waals surface area contributed by atoms with Crippen LogP contribution in [0.1, 0.15) is 0 Å². The number of aromatic nitrogens is 1. The lowest BCUT2D eigenvalue weighted by Crippen LogP contribution is -2.14. The van der Waals surface area contributed by atoms with Crippen LogP contribution in [0.15, 0.2) is 36.4 Å². The summed E-state index contributed by atoms with van der Waals surface area (Å²) in [5, 5.41) is 0.404. The van der Waals surface area contributed by atoms with Gasteiger partial charge in [0.05, 0.1) is 18.5 Å². The minimum absolute atomic E-state index is 0.404. The maximum Gasteiger partial charge on any atom is 0.157 e. The van der Waals surface area contributed by atoms with Crippen molar-refractivity contribution in [3.8, 4) is 5.75 Å². The van der Waals surface area contributed by atoms with E-state index in [9.17, 15) is 0 Å². The van der Waals surface area contributed by atoms with Crippen LogP contribution in [0.4, 0.5) is 17.2 Å². The fourth-order valence-corrected chi connectivity index (χ4v) is 1.87. The van der Waals surface area contributed by atoms with Gasteiger partial charge in [-0.05, 0) is 24.3 Å². The standard InChI is InChI=1S/C13H14ClN3O/c1-17(10-5-3-4-6-11(10)18-2)13-9(15)7-8-12(14)16-13/h3-8H,15H2,1-2H3. The molecule has 0 bridgehead atoms. The number of nitrogens with two attached hydrogens (primary N) is 1. The van der Waals surface area contributed by atoms with Crippen molar-refractivity contribution >= 4 is 28.8 Å². The number of benzene rings is 1. The number of nitrogen functional groups attached to an aromatic ring is 1. The highest BCUT2D eigenvalue weighted by atomic mass is 35.5. The molecular weight excluding hydrogens is 250 g/mol. The summed E-state index contributed by atoms with van der Waals surface area (Å²) < 4.78 is 5.31. The van der Waals surface area contributed by atoms with Gasteiger partial charge in [-0.1, -0.05) is 23.7 Å². The molecule has 2 rings (SSSR count). The Labute approximate surface area is 111 Å². The number of ether oxygens (including phenoxy) is 1. The summed E-state index contributed by atoms with van der Waals surface area (Å²) in [6.07, 6.45) is 0. The molecule has 2 aromatic rings. The predicted molar refractivity (Wildman–Crippen MR) is 74.7 cm³/mol. The van der Waals surface area contributed by atoms with Gasteiger partial charge in [-0.25, -0.2) is 4.98 Å². The van der Waals surface area contributed by atoms with E-state index in [1.165, 1.54) is 0 Å². The number of hydrogen-bond acceptors (Lipinski definition) is 4. The highest BCUT2D eigenvalue weighted by molar-refractivity contribution is 6.29. The highest BCUT2D eigenvalue weighted by Crippen LogP contribution is 2.34. The van der Waals surface area contributed by atoms with E-state index < -0.39 is 0 Å². The second-order valence-corrected chi connectivity index (χ2v) is 4.16. The van der Waals surface area contributed by atoms with Gasteiger partial charge in [0, 0.05) is 7.05 Å². The van der Waals surface area contributed by atoms with Crippen LogP contribution in [-0.4, -0.2) is 19.1 Å². The van der Waals surface area contributed by atoms with Crippen LogP contribution in [0.25, 0.3) is 0 Å². The molecule has 0 radical (unpaired) electrons. The van der Waals surface area contributed by atoms with Crippen LogP contribution in [0, 0.1) is 0 Å². The van der Waals surface area contributed by atoms with Gasteiger partial charge < -0.3 is 15.4 Å². The van der Waals surface area contributed by atoms with Gasteiger partial charge in [-0.3, -0.25) is 0 Å². The largest absolute Gasteiger partial charge is 0.495 e. The molecule has 4 nitrogen and oxygen atoms in total. The van der Waals surface area contributed by atoms with E-state index >= 15 is 0 Å². The van der Waals surface area contributed by atoms with Crippen LogP contribution in [-0.2, 0) is 0 Å². The van der Waals surface area contributed by atoms with E-state index in [1.807, 2.05) is 36.2 Å². The molecule has 1 aromatic heterocycles. The van der Waals surface area contributed by atoms with E-state index in [1.54, 1.807) is 19.2 Å². The first-order chi connectivity index (χ1) is 8.63. The molecule has 18 heavy (non-hydrogen) atoms. The zero-order valence-electron chi connectivity index (χ0n) is 10.2. The summed E-state index contributed by atoms with van der Waals surface area (Å²) in [6, 6.07) is 11.0. The predicted octanol–water partition coefficient (Wildman–Crippen LogP) is 3.09. The van der Waals surface area contributed by atoms with Crippen LogP contribution in [0.3, 0.4) is 0 Å². The monoisotopic (exact) mass is 263 g/mol. The molecule has 0 spiro atoms. The molecule has 0 atom stereocenters. The third-order valence-corrected chi connectivity index (χ3v) is 2.85. The average Bonchev–Trinajstić information content (AvgIpc) is 2.40. The van der Waals surface area contributed by atoms with Gasteiger partial charge in [0.1, 0.15) is 10.9 Å². The lowest BCUT2D eigenvalue weighted by molar-refractivity contribution is 0.415. The first-order valence-corrected chi connectivity index (χ1v) is 5.80. The maximum atomic E-state index is 5.92. The first kappa shape index (κ1) is 12.5. The van der Waals surface area contributed by atoms with Crippen LogP contribution < -0.4 is 15.4 Å². The molecule has 0 aliphatic heterocycles. The fraction of sp³-hybridized carbons (Fsp3) is 0.154. The number of rotatable bonds is 3. The third kappa shape index (κ3) is 2.33. The van der Waals surface area contributed by atoms with Gasteiger partial charge in [0.15, 0.2) is 5.82 Å². The van der Waals surface area contributed by atoms with E-state index in [4.69, 9.17) is 22.1 Å². The van der Waals surface area contributed by atoms with Crippen molar-refractivity contribution < 1.29 is 4.74 Å². The molecular formula is C13H14ClN3O. The fourth-order valence-electron chi connectivity index (χ4n) is 1.73. The Kier molecular flexibility index (Phi) is 3.58. The summed E-state index contributed by atoms with van der Waals surface area (Å²) in [7, 11) is 3.49. The van der Waals surface area contributed by atoms with E-state index in [-0.39, 0.29) is 0 Å². The van der Waals surface area contributed by atoms with Crippen molar-refractivity contribution in [2.45, 2.75) is 0 Å². The molecule has 0 unspecified atom stereocenters. The van der Waals surface area contributed by atoms with E-state index in [2.05, 4.69) is 4.98 Å².